The molecule has 1 aromatic carbocycles. The summed E-state index contributed by atoms with van der Waals surface area (Å²) in [4.78, 5) is 17.7. The van der Waals surface area contributed by atoms with Crippen LogP contribution in [0, 0.1) is 12.7 Å². The van der Waals surface area contributed by atoms with Gasteiger partial charge in [0.2, 0.25) is 0 Å². The number of aromatic amines is 1. The SMILES string of the molecule is Cc1sc(NC(=O)c2cc(C(C)C)[nH]n2)nc1-c1ccc(F)cc1. The molecule has 0 fully saturated rings. The van der Waals surface area contributed by atoms with Gasteiger partial charge in [0, 0.05) is 16.1 Å². The van der Waals surface area contributed by atoms with Crippen LogP contribution in [0.5, 0.6) is 0 Å². The molecule has 0 unspecified atom stereocenters. The average molecular weight is 344 g/mol. The van der Waals surface area contributed by atoms with Crippen LogP contribution < -0.4 is 5.32 Å². The van der Waals surface area contributed by atoms with Crippen LogP contribution in [-0.4, -0.2) is 21.1 Å². The van der Waals surface area contributed by atoms with Crippen molar-refractivity contribution in [3.63, 3.8) is 0 Å². The molecule has 5 nitrogen and oxygen atoms in total. The average Bonchev–Trinajstić information content (AvgIpc) is 3.15. The van der Waals surface area contributed by atoms with E-state index < -0.39 is 0 Å². The molecule has 3 aromatic rings. The van der Waals surface area contributed by atoms with Crippen molar-refractivity contribution in [3.05, 3.63) is 52.4 Å². The molecule has 0 atom stereocenters. The summed E-state index contributed by atoms with van der Waals surface area (Å²) in [6.07, 6.45) is 0. The number of halogens is 1. The van der Waals surface area contributed by atoms with Crippen LogP contribution in [0.25, 0.3) is 11.3 Å². The largest absolute Gasteiger partial charge is 0.296 e. The molecular formula is C17H17FN4OS. The predicted octanol–water partition coefficient (Wildman–Crippen LogP) is 4.36. The summed E-state index contributed by atoms with van der Waals surface area (Å²) in [5.74, 6) is -0.330. The molecule has 3 rings (SSSR count). The summed E-state index contributed by atoms with van der Waals surface area (Å²) in [6, 6.07) is 7.87. The molecule has 0 aliphatic heterocycles. The molecule has 0 radical (unpaired) electrons. The number of aromatic nitrogens is 3. The van der Waals surface area contributed by atoms with Crippen molar-refractivity contribution in [2.24, 2.45) is 0 Å². The maximum absolute atomic E-state index is 13.0. The van der Waals surface area contributed by atoms with E-state index in [1.165, 1.54) is 23.5 Å². The predicted molar refractivity (Wildman–Crippen MR) is 92.9 cm³/mol. The van der Waals surface area contributed by atoms with Gasteiger partial charge in [-0.25, -0.2) is 9.37 Å². The zero-order chi connectivity index (χ0) is 17.3. The van der Waals surface area contributed by atoms with Crippen LogP contribution in [-0.2, 0) is 0 Å². The van der Waals surface area contributed by atoms with Gasteiger partial charge in [-0.3, -0.25) is 15.2 Å². The molecule has 0 aliphatic rings. The van der Waals surface area contributed by atoms with Crippen LogP contribution in [0.1, 0.15) is 40.8 Å². The molecule has 0 saturated carbocycles. The molecule has 2 aromatic heterocycles. The molecule has 7 heteroatoms. The van der Waals surface area contributed by atoms with Crippen LogP contribution in [0.15, 0.2) is 30.3 Å². The third-order valence-corrected chi connectivity index (χ3v) is 4.47. The number of rotatable bonds is 4. The van der Waals surface area contributed by atoms with Gasteiger partial charge in [-0.05, 0) is 43.2 Å². The van der Waals surface area contributed by atoms with Gasteiger partial charge in [0.25, 0.3) is 5.91 Å². The van der Waals surface area contributed by atoms with Crippen molar-refractivity contribution >= 4 is 22.4 Å². The van der Waals surface area contributed by atoms with Gasteiger partial charge in [0.15, 0.2) is 10.8 Å². The topological polar surface area (TPSA) is 70.7 Å². The fraction of sp³-hybridized carbons (Fsp3) is 0.235. The lowest BCUT2D eigenvalue weighted by Crippen LogP contribution is -2.12. The fourth-order valence-corrected chi connectivity index (χ4v) is 3.07. The van der Waals surface area contributed by atoms with Gasteiger partial charge < -0.3 is 0 Å². The first-order valence-corrected chi connectivity index (χ1v) is 8.35. The van der Waals surface area contributed by atoms with Gasteiger partial charge in [-0.15, -0.1) is 11.3 Å². The van der Waals surface area contributed by atoms with Crippen LogP contribution in [0.2, 0.25) is 0 Å². The number of amides is 1. The molecule has 124 valence electrons. The Balaban J connectivity index is 1.79. The van der Waals surface area contributed by atoms with E-state index in [4.69, 9.17) is 0 Å². The maximum atomic E-state index is 13.0. The number of carbonyl (C=O) groups excluding carboxylic acids is 1. The Kier molecular flexibility index (Phi) is 4.44. The zero-order valence-electron chi connectivity index (χ0n) is 13.6. The summed E-state index contributed by atoms with van der Waals surface area (Å²) in [6.45, 7) is 5.96. The van der Waals surface area contributed by atoms with Gasteiger partial charge in [0.1, 0.15) is 5.82 Å². The second kappa shape index (κ2) is 6.52. The number of nitrogens with one attached hydrogen (secondary N) is 2. The Morgan fingerprint density at radius 2 is 2.00 bits per heavy atom. The first kappa shape index (κ1) is 16.3. The molecule has 2 N–H and O–H groups in total. The van der Waals surface area contributed by atoms with Gasteiger partial charge in [0.05, 0.1) is 5.69 Å². The zero-order valence-corrected chi connectivity index (χ0v) is 14.4. The number of hydrogen-bond donors (Lipinski definition) is 2. The third-order valence-electron chi connectivity index (χ3n) is 3.59. The molecule has 1 amide bonds. The third kappa shape index (κ3) is 3.35. The van der Waals surface area contributed by atoms with Crippen molar-refractivity contribution in [3.8, 4) is 11.3 Å². The Morgan fingerprint density at radius 3 is 2.62 bits per heavy atom. The van der Waals surface area contributed by atoms with Crippen molar-refractivity contribution in [2.45, 2.75) is 26.7 Å². The lowest BCUT2D eigenvalue weighted by atomic mass is 10.1. The van der Waals surface area contributed by atoms with E-state index in [1.807, 2.05) is 20.8 Å². The minimum Gasteiger partial charge on any atom is -0.296 e. The quantitative estimate of drug-likeness (QED) is 0.739. The Labute approximate surface area is 143 Å². The lowest BCUT2D eigenvalue weighted by molar-refractivity contribution is 0.102. The Bertz CT molecular complexity index is 867. The number of anilines is 1. The van der Waals surface area contributed by atoms with Crippen molar-refractivity contribution < 1.29 is 9.18 Å². The monoisotopic (exact) mass is 344 g/mol. The van der Waals surface area contributed by atoms with E-state index in [1.54, 1.807) is 18.2 Å². The van der Waals surface area contributed by atoms with E-state index in [0.717, 1.165) is 21.8 Å². The van der Waals surface area contributed by atoms with Crippen molar-refractivity contribution in [1.29, 1.82) is 0 Å². The van der Waals surface area contributed by atoms with E-state index >= 15 is 0 Å². The summed E-state index contributed by atoms with van der Waals surface area (Å²) in [7, 11) is 0. The number of benzene rings is 1. The van der Waals surface area contributed by atoms with E-state index in [2.05, 4.69) is 20.5 Å². The first-order valence-electron chi connectivity index (χ1n) is 7.54. The van der Waals surface area contributed by atoms with E-state index in [9.17, 15) is 9.18 Å². The fourth-order valence-electron chi connectivity index (χ4n) is 2.24. The highest BCUT2D eigenvalue weighted by atomic mass is 32.1. The van der Waals surface area contributed by atoms with Crippen LogP contribution in [0.4, 0.5) is 9.52 Å². The van der Waals surface area contributed by atoms with Crippen LogP contribution >= 0.6 is 11.3 Å². The first-order chi connectivity index (χ1) is 11.4. The molecule has 0 spiro atoms. The van der Waals surface area contributed by atoms with Crippen molar-refractivity contribution in [2.75, 3.05) is 5.32 Å². The number of carbonyl (C=O) groups is 1. The Hall–Kier alpha value is -2.54. The minimum absolute atomic E-state index is 0.270. The normalized spacial score (nSPS) is 11.0. The number of thiazole rings is 1. The number of nitrogens with zero attached hydrogens (tertiary/aromatic N) is 2. The smallest absolute Gasteiger partial charge is 0.277 e. The number of aryl methyl sites for hydroxylation is 1. The van der Waals surface area contributed by atoms with Crippen LogP contribution in [0.3, 0.4) is 0 Å². The van der Waals surface area contributed by atoms with Gasteiger partial charge >= 0.3 is 0 Å². The molecule has 2 heterocycles. The highest BCUT2D eigenvalue weighted by Crippen LogP contribution is 2.30. The second-order valence-electron chi connectivity index (χ2n) is 5.75. The standard InChI is InChI=1S/C17H17FN4OS/c1-9(2)13-8-14(22-21-13)16(23)20-17-19-15(10(3)24-17)11-4-6-12(18)7-5-11/h4-9H,1-3H3,(H,21,22)(H,19,20,23). The molecule has 0 saturated heterocycles. The maximum Gasteiger partial charge on any atom is 0.277 e. The number of hydrogen-bond acceptors (Lipinski definition) is 4. The molecular weight excluding hydrogens is 327 g/mol. The molecule has 0 aliphatic carbocycles. The Morgan fingerprint density at radius 1 is 1.29 bits per heavy atom. The number of H-pyrrole nitrogens is 1. The summed E-state index contributed by atoms with van der Waals surface area (Å²) >= 11 is 1.37. The second-order valence-corrected chi connectivity index (χ2v) is 6.95. The van der Waals surface area contributed by atoms with Gasteiger partial charge in [-0.1, -0.05) is 13.8 Å². The minimum atomic E-state index is -0.308. The van der Waals surface area contributed by atoms with E-state index in [-0.39, 0.29) is 17.6 Å². The summed E-state index contributed by atoms with van der Waals surface area (Å²) in [5, 5.41) is 10.1. The molecule has 0 bridgehead atoms. The van der Waals surface area contributed by atoms with Crippen molar-refractivity contribution in [1.82, 2.24) is 15.2 Å². The summed E-state index contributed by atoms with van der Waals surface area (Å²) in [5.41, 5.74) is 2.78. The summed E-state index contributed by atoms with van der Waals surface area (Å²) < 4.78 is 13.0. The molecule has 24 heavy (non-hydrogen) atoms. The highest BCUT2D eigenvalue weighted by Gasteiger charge is 2.16. The lowest BCUT2D eigenvalue weighted by Gasteiger charge is -1.99. The van der Waals surface area contributed by atoms with E-state index in [0.29, 0.717) is 10.8 Å². The van der Waals surface area contributed by atoms with Gasteiger partial charge in [-0.2, -0.15) is 5.10 Å². The highest BCUT2D eigenvalue weighted by molar-refractivity contribution is 7.16.